The highest BCUT2D eigenvalue weighted by Gasteiger charge is 1.85. The molecule has 0 aliphatic heterocycles. The lowest BCUT2D eigenvalue weighted by atomic mass is 10.3. The molecule has 1 aromatic rings. The minimum Gasteiger partial charge on any atom is -0.497 e. The van der Waals surface area contributed by atoms with Gasteiger partial charge in [-0.2, -0.15) is 0 Å². The molecule has 0 atom stereocenters. The number of methoxy groups -OCH3 is 1. The van der Waals surface area contributed by atoms with Gasteiger partial charge >= 0.3 is 0 Å². The molecule has 0 aliphatic carbocycles. The molecule has 0 aliphatic rings. The number of anilines is 1. The van der Waals surface area contributed by atoms with Crippen LogP contribution >= 0.6 is 0 Å². The van der Waals surface area contributed by atoms with E-state index < -0.39 is 0 Å². The third-order valence-electron chi connectivity index (χ3n) is 1.12. The van der Waals surface area contributed by atoms with E-state index in [1.54, 1.807) is 19.2 Å². The summed E-state index contributed by atoms with van der Waals surface area (Å²) in [7, 11) is 1.63. The Balaban J connectivity index is 0.000000810. The summed E-state index contributed by atoms with van der Waals surface area (Å²) in [4.78, 5) is 0. The van der Waals surface area contributed by atoms with Gasteiger partial charge in [0.1, 0.15) is 5.75 Å². The van der Waals surface area contributed by atoms with E-state index in [0.29, 0.717) is 0 Å². The molecule has 0 aromatic heterocycles. The normalized spacial score (nSPS) is 9.00. The first-order chi connectivity index (χ1) is 4.33. The molecule has 0 fully saturated rings. The number of benzene rings is 1. The molecule has 2 heteroatoms. The van der Waals surface area contributed by atoms with Crippen LogP contribution in [-0.4, -0.2) is 7.11 Å². The number of ether oxygens (including phenoxy) is 1. The first-order valence-electron chi connectivity index (χ1n) is 2.72. The lowest BCUT2D eigenvalue weighted by Crippen LogP contribution is -1.84. The Hall–Kier alpha value is -1.18. The quantitative estimate of drug-likeness (QED) is 0.577. The van der Waals surface area contributed by atoms with Gasteiger partial charge in [-0.1, -0.05) is 0 Å². The molecule has 0 bridgehead atoms. The van der Waals surface area contributed by atoms with Gasteiger partial charge in [-0.3, -0.25) is 0 Å². The fourth-order valence-electron chi connectivity index (χ4n) is 0.604. The fraction of sp³-hybridized carbons (Fsp3) is 0.143. The van der Waals surface area contributed by atoms with Gasteiger partial charge in [0.15, 0.2) is 0 Å². The molecule has 1 rings (SSSR count). The second-order valence-electron chi connectivity index (χ2n) is 1.77. The monoisotopic (exact) mass is 125 g/mol. The summed E-state index contributed by atoms with van der Waals surface area (Å²) >= 11 is 0. The van der Waals surface area contributed by atoms with Crippen molar-refractivity contribution in [1.29, 1.82) is 0 Å². The SMILES string of the molecule is COc1ccc(N)cc1.[HH]. The van der Waals surface area contributed by atoms with Crippen LogP contribution < -0.4 is 10.5 Å². The Morgan fingerprint density at radius 1 is 1.33 bits per heavy atom. The molecule has 9 heavy (non-hydrogen) atoms. The van der Waals surface area contributed by atoms with Gasteiger partial charge in [0.2, 0.25) is 0 Å². The molecule has 2 nitrogen and oxygen atoms in total. The van der Waals surface area contributed by atoms with E-state index in [9.17, 15) is 0 Å². The zero-order chi connectivity index (χ0) is 6.69. The number of nitrogen functional groups attached to an aromatic ring is 1. The van der Waals surface area contributed by atoms with E-state index in [4.69, 9.17) is 10.5 Å². The van der Waals surface area contributed by atoms with Gasteiger partial charge in [0, 0.05) is 7.11 Å². The molecular formula is C7H11NO. The van der Waals surface area contributed by atoms with E-state index in [2.05, 4.69) is 0 Å². The van der Waals surface area contributed by atoms with Crippen molar-refractivity contribution in [3.63, 3.8) is 0 Å². The zero-order valence-corrected chi connectivity index (χ0v) is 5.29. The highest BCUT2D eigenvalue weighted by molar-refractivity contribution is 5.41. The van der Waals surface area contributed by atoms with E-state index in [-0.39, 0.29) is 1.43 Å². The Bertz CT molecular complexity index is 185. The van der Waals surface area contributed by atoms with Crippen LogP contribution in [0.2, 0.25) is 0 Å². The number of hydrogen-bond acceptors (Lipinski definition) is 2. The van der Waals surface area contributed by atoms with E-state index in [1.807, 2.05) is 12.1 Å². The number of hydrogen-bond donors (Lipinski definition) is 1. The molecule has 0 amide bonds. The number of nitrogens with two attached hydrogens (primary N) is 1. The smallest absolute Gasteiger partial charge is 0.119 e. The van der Waals surface area contributed by atoms with Gasteiger partial charge in [0.05, 0.1) is 7.11 Å². The first-order valence-corrected chi connectivity index (χ1v) is 2.72. The van der Waals surface area contributed by atoms with Crippen molar-refractivity contribution in [3.8, 4) is 5.75 Å². The summed E-state index contributed by atoms with van der Waals surface area (Å²) in [6.45, 7) is 0. The Kier molecular flexibility index (Phi) is 1.58. The Morgan fingerprint density at radius 3 is 2.33 bits per heavy atom. The Labute approximate surface area is 55.7 Å². The van der Waals surface area contributed by atoms with Crippen LogP contribution in [0.25, 0.3) is 0 Å². The maximum atomic E-state index is 5.43. The number of rotatable bonds is 1. The van der Waals surface area contributed by atoms with Gasteiger partial charge in [-0.25, -0.2) is 0 Å². The minimum atomic E-state index is 0. The molecular weight excluding hydrogens is 114 g/mol. The van der Waals surface area contributed by atoms with E-state index in [1.165, 1.54) is 0 Å². The van der Waals surface area contributed by atoms with Crippen molar-refractivity contribution in [2.75, 3.05) is 12.8 Å². The van der Waals surface area contributed by atoms with Crippen molar-refractivity contribution in [1.82, 2.24) is 0 Å². The van der Waals surface area contributed by atoms with Crippen molar-refractivity contribution in [2.24, 2.45) is 0 Å². The molecule has 0 saturated carbocycles. The molecule has 0 spiro atoms. The van der Waals surface area contributed by atoms with Gasteiger partial charge in [-0.05, 0) is 24.3 Å². The zero-order valence-electron chi connectivity index (χ0n) is 5.29. The second kappa shape index (κ2) is 2.40. The predicted octanol–water partition coefficient (Wildman–Crippen LogP) is 1.52. The third-order valence-corrected chi connectivity index (χ3v) is 1.12. The van der Waals surface area contributed by atoms with Crippen LogP contribution in [0, 0.1) is 0 Å². The molecule has 0 saturated heterocycles. The highest BCUT2D eigenvalue weighted by atomic mass is 16.5. The van der Waals surface area contributed by atoms with E-state index in [0.717, 1.165) is 11.4 Å². The second-order valence-corrected chi connectivity index (χ2v) is 1.77. The predicted molar refractivity (Wildman–Crippen MR) is 39.5 cm³/mol. The average Bonchev–Trinajstić information content (AvgIpc) is 1.90. The summed E-state index contributed by atoms with van der Waals surface area (Å²) in [5.41, 5.74) is 6.19. The molecule has 1 aromatic carbocycles. The fourth-order valence-corrected chi connectivity index (χ4v) is 0.604. The van der Waals surface area contributed by atoms with Crippen molar-refractivity contribution in [3.05, 3.63) is 24.3 Å². The molecule has 0 heterocycles. The van der Waals surface area contributed by atoms with Crippen LogP contribution in [-0.2, 0) is 0 Å². The summed E-state index contributed by atoms with van der Waals surface area (Å²) in [5, 5.41) is 0. The van der Waals surface area contributed by atoms with Crippen LogP contribution in [0.15, 0.2) is 24.3 Å². The van der Waals surface area contributed by atoms with Gasteiger partial charge in [-0.15, -0.1) is 0 Å². The van der Waals surface area contributed by atoms with Crippen LogP contribution in [0.3, 0.4) is 0 Å². The maximum absolute atomic E-state index is 5.43. The van der Waals surface area contributed by atoms with Gasteiger partial charge in [0.25, 0.3) is 0 Å². The molecule has 50 valence electrons. The third kappa shape index (κ3) is 1.35. The average molecular weight is 125 g/mol. The van der Waals surface area contributed by atoms with Crippen molar-refractivity contribution >= 4 is 5.69 Å². The van der Waals surface area contributed by atoms with Gasteiger partial charge < -0.3 is 10.5 Å². The molecule has 0 radical (unpaired) electrons. The largest absolute Gasteiger partial charge is 0.497 e. The standard InChI is InChI=1S/C7H9NO.H2/c1-9-7-4-2-6(8)3-5-7;/h2-5H,8H2,1H3;1H. The van der Waals surface area contributed by atoms with Crippen molar-refractivity contribution < 1.29 is 6.16 Å². The van der Waals surface area contributed by atoms with Crippen LogP contribution in [0.5, 0.6) is 5.75 Å². The summed E-state index contributed by atoms with van der Waals surface area (Å²) < 4.78 is 4.91. The summed E-state index contributed by atoms with van der Waals surface area (Å²) in [5.74, 6) is 0.837. The maximum Gasteiger partial charge on any atom is 0.119 e. The highest BCUT2D eigenvalue weighted by Crippen LogP contribution is 2.11. The van der Waals surface area contributed by atoms with Crippen molar-refractivity contribution in [2.45, 2.75) is 0 Å². The minimum absolute atomic E-state index is 0. The van der Waals surface area contributed by atoms with Crippen LogP contribution in [0.4, 0.5) is 5.69 Å². The molecule has 2 N–H and O–H groups in total. The lowest BCUT2D eigenvalue weighted by molar-refractivity contribution is 0.415. The summed E-state index contributed by atoms with van der Waals surface area (Å²) in [6, 6.07) is 7.27. The summed E-state index contributed by atoms with van der Waals surface area (Å²) in [6.07, 6.45) is 0. The lowest BCUT2D eigenvalue weighted by Gasteiger charge is -1.97. The topological polar surface area (TPSA) is 35.2 Å². The van der Waals surface area contributed by atoms with E-state index >= 15 is 0 Å². The first kappa shape index (κ1) is 5.95. The Morgan fingerprint density at radius 2 is 1.89 bits per heavy atom. The molecule has 0 unspecified atom stereocenters. The van der Waals surface area contributed by atoms with Crippen LogP contribution in [0.1, 0.15) is 1.43 Å².